The number of furan rings is 1. The van der Waals surface area contributed by atoms with Gasteiger partial charge in [-0.05, 0) is 31.5 Å². The number of hydrogen-bond acceptors (Lipinski definition) is 3. The lowest BCUT2D eigenvalue weighted by molar-refractivity contribution is 0.474. The summed E-state index contributed by atoms with van der Waals surface area (Å²) in [6.07, 6.45) is 2.33. The van der Waals surface area contributed by atoms with E-state index in [1.807, 2.05) is 13.0 Å². The third-order valence-electron chi connectivity index (χ3n) is 2.15. The first kappa shape index (κ1) is 9.09. The predicted molar refractivity (Wildman–Crippen MR) is 55.2 cm³/mol. The SMILES string of the molecule is CC(N)Cc1cc(O)cc2ccoc12. The lowest BCUT2D eigenvalue weighted by Gasteiger charge is -2.06. The summed E-state index contributed by atoms with van der Waals surface area (Å²) in [6.45, 7) is 1.93. The van der Waals surface area contributed by atoms with Crippen LogP contribution in [0.15, 0.2) is 28.9 Å². The van der Waals surface area contributed by atoms with Crippen LogP contribution in [0.1, 0.15) is 12.5 Å². The molecule has 0 aliphatic carbocycles. The zero-order valence-electron chi connectivity index (χ0n) is 8.03. The van der Waals surface area contributed by atoms with Gasteiger partial charge in [-0.15, -0.1) is 0 Å². The smallest absolute Gasteiger partial charge is 0.137 e. The first-order chi connectivity index (χ1) is 6.66. The largest absolute Gasteiger partial charge is 0.508 e. The third kappa shape index (κ3) is 1.59. The van der Waals surface area contributed by atoms with Gasteiger partial charge in [-0.25, -0.2) is 0 Å². The molecule has 0 saturated heterocycles. The van der Waals surface area contributed by atoms with Gasteiger partial charge in [0, 0.05) is 17.0 Å². The van der Waals surface area contributed by atoms with Crippen LogP contribution in [0.3, 0.4) is 0 Å². The summed E-state index contributed by atoms with van der Waals surface area (Å²) in [7, 11) is 0. The zero-order chi connectivity index (χ0) is 10.1. The lowest BCUT2D eigenvalue weighted by Crippen LogP contribution is -2.17. The normalized spacial score (nSPS) is 13.3. The van der Waals surface area contributed by atoms with Crippen molar-refractivity contribution in [1.82, 2.24) is 0 Å². The van der Waals surface area contributed by atoms with E-state index in [4.69, 9.17) is 10.2 Å². The Morgan fingerprint density at radius 2 is 2.29 bits per heavy atom. The molecule has 1 aromatic heterocycles. The van der Waals surface area contributed by atoms with Gasteiger partial charge in [-0.1, -0.05) is 0 Å². The van der Waals surface area contributed by atoms with Crippen LogP contribution in [0.25, 0.3) is 11.0 Å². The van der Waals surface area contributed by atoms with Crippen LogP contribution >= 0.6 is 0 Å². The Morgan fingerprint density at radius 1 is 1.50 bits per heavy atom. The van der Waals surface area contributed by atoms with Gasteiger partial charge in [0.2, 0.25) is 0 Å². The third-order valence-corrected chi connectivity index (χ3v) is 2.15. The second kappa shape index (κ2) is 3.35. The molecule has 3 heteroatoms. The van der Waals surface area contributed by atoms with Crippen molar-refractivity contribution in [2.24, 2.45) is 5.73 Å². The molecule has 0 saturated carbocycles. The summed E-state index contributed by atoms with van der Waals surface area (Å²) < 4.78 is 5.34. The van der Waals surface area contributed by atoms with Gasteiger partial charge in [0.1, 0.15) is 11.3 Å². The first-order valence-corrected chi connectivity index (χ1v) is 4.61. The summed E-state index contributed by atoms with van der Waals surface area (Å²) >= 11 is 0. The van der Waals surface area contributed by atoms with Crippen LogP contribution < -0.4 is 5.73 Å². The Labute approximate surface area is 82.1 Å². The van der Waals surface area contributed by atoms with Gasteiger partial charge >= 0.3 is 0 Å². The van der Waals surface area contributed by atoms with Gasteiger partial charge in [0.15, 0.2) is 0 Å². The maximum atomic E-state index is 9.46. The molecule has 0 amide bonds. The average Bonchev–Trinajstić information content (AvgIpc) is 2.50. The van der Waals surface area contributed by atoms with Crippen molar-refractivity contribution < 1.29 is 9.52 Å². The molecule has 0 spiro atoms. The molecular formula is C11H13NO2. The minimum atomic E-state index is 0.0603. The van der Waals surface area contributed by atoms with E-state index in [0.29, 0.717) is 6.42 Å². The average molecular weight is 191 g/mol. The molecule has 74 valence electrons. The van der Waals surface area contributed by atoms with E-state index >= 15 is 0 Å². The van der Waals surface area contributed by atoms with Gasteiger partial charge in [-0.3, -0.25) is 0 Å². The number of nitrogens with two attached hydrogens (primary N) is 1. The Morgan fingerprint density at radius 3 is 3.00 bits per heavy atom. The monoisotopic (exact) mass is 191 g/mol. The van der Waals surface area contributed by atoms with Crippen LogP contribution in [0.5, 0.6) is 5.75 Å². The molecule has 1 heterocycles. The molecular weight excluding hydrogens is 178 g/mol. The number of benzene rings is 1. The highest BCUT2D eigenvalue weighted by molar-refractivity contribution is 5.82. The van der Waals surface area contributed by atoms with E-state index in [0.717, 1.165) is 16.5 Å². The van der Waals surface area contributed by atoms with Crippen LogP contribution in [-0.2, 0) is 6.42 Å². The fourth-order valence-corrected chi connectivity index (χ4v) is 1.64. The molecule has 3 nitrogen and oxygen atoms in total. The Balaban J connectivity index is 2.55. The quantitative estimate of drug-likeness (QED) is 0.763. The summed E-state index contributed by atoms with van der Waals surface area (Å²) in [6, 6.07) is 5.28. The molecule has 0 aliphatic rings. The van der Waals surface area contributed by atoms with E-state index in [1.165, 1.54) is 0 Å². The molecule has 2 aromatic rings. The van der Waals surface area contributed by atoms with E-state index in [-0.39, 0.29) is 11.8 Å². The van der Waals surface area contributed by atoms with Gasteiger partial charge in [-0.2, -0.15) is 0 Å². The molecule has 14 heavy (non-hydrogen) atoms. The Bertz CT molecular complexity index is 445. The van der Waals surface area contributed by atoms with Gasteiger partial charge < -0.3 is 15.3 Å². The molecule has 1 aromatic carbocycles. The molecule has 2 rings (SSSR count). The zero-order valence-corrected chi connectivity index (χ0v) is 8.03. The fourth-order valence-electron chi connectivity index (χ4n) is 1.64. The van der Waals surface area contributed by atoms with Crippen molar-refractivity contribution in [3.63, 3.8) is 0 Å². The summed E-state index contributed by atoms with van der Waals surface area (Å²) in [4.78, 5) is 0. The van der Waals surface area contributed by atoms with E-state index < -0.39 is 0 Å². The highest BCUT2D eigenvalue weighted by Crippen LogP contribution is 2.26. The predicted octanol–water partition coefficient (Wildman–Crippen LogP) is 2.03. The minimum absolute atomic E-state index is 0.0603. The minimum Gasteiger partial charge on any atom is -0.508 e. The molecule has 0 bridgehead atoms. The molecule has 0 radical (unpaired) electrons. The van der Waals surface area contributed by atoms with Crippen LogP contribution in [-0.4, -0.2) is 11.1 Å². The number of rotatable bonds is 2. The number of hydrogen-bond donors (Lipinski definition) is 2. The van der Waals surface area contributed by atoms with Crippen molar-refractivity contribution in [2.75, 3.05) is 0 Å². The second-order valence-corrected chi connectivity index (χ2v) is 3.63. The number of phenols is 1. The molecule has 1 atom stereocenters. The second-order valence-electron chi connectivity index (χ2n) is 3.63. The molecule has 3 N–H and O–H groups in total. The number of fused-ring (bicyclic) bond motifs is 1. The number of aromatic hydroxyl groups is 1. The standard InChI is InChI=1S/C11H13NO2/c1-7(12)4-9-6-10(13)5-8-2-3-14-11(8)9/h2-3,5-7,13H,4,12H2,1H3. The lowest BCUT2D eigenvalue weighted by atomic mass is 10.1. The van der Waals surface area contributed by atoms with Crippen molar-refractivity contribution in [1.29, 1.82) is 0 Å². The first-order valence-electron chi connectivity index (χ1n) is 4.61. The van der Waals surface area contributed by atoms with Gasteiger partial charge in [0.25, 0.3) is 0 Å². The topological polar surface area (TPSA) is 59.4 Å². The van der Waals surface area contributed by atoms with Crippen molar-refractivity contribution in [3.8, 4) is 5.75 Å². The maximum Gasteiger partial charge on any atom is 0.137 e. The maximum absolute atomic E-state index is 9.46. The molecule has 0 fully saturated rings. The highest BCUT2D eigenvalue weighted by atomic mass is 16.3. The van der Waals surface area contributed by atoms with Crippen LogP contribution in [0.4, 0.5) is 0 Å². The van der Waals surface area contributed by atoms with Crippen molar-refractivity contribution in [3.05, 3.63) is 30.0 Å². The Hall–Kier alpha value is -1.48. The fraction of sp³-hybridized carbons (Fsp3) is 0.273. The van der Waals surface area contributed by atoms with Crippen molar-refractivity contribution in [2.45, 2.75) is 19.4 Å². The molecule has 1 unspecified atom stereocenters. The highest BCUT2D eigenvalue weighted by Gasteiger charge is 2.08. The summed E-state index contributed by atoms with van der Waals surface area (Å²) in [5.41, 5.74) is 7.49. The van der Waals surface area contributed by atoms with E-state index in [2.05, 4.69) is 0 Å². The van der Waals surface area contributed by atoms with Crippen LogP contribution in [0.2, 0.25) is 0 Å². The summed E-state index contributed by atoms with van der Waals surface area (Å²) in [5, 5.41) is 10.4. The van der Waals surface area contributed by atoms with Crippen molar-refractivity contribution >= 4 is 11.0 Å². The Kier molecular flexibility index (Phi) is 2.17. The summed E-state index contributed by atoms with van der Waals surface area (Å²) in [5.74, 6) is 0.259. The van der Waals surface area contributed by atoms with Crippen LogP contribution in [0, 0.1) is 0 Å². The number of phenolic OH excluding ortho intramolecular Hbond substituents is 1. The van der Waals surface area contributed by atoms with E-state index in [1.54, 1.807) is 18.4 Å². The van der Waals surface area contributed by atoms with Gasteiger partial charge in [0.05, 0.1) is 6.26 Å². The molecule has 0 aliphatic heterocycles. The van der Waals surface area contributed by atoms with E-state index in [9.17, 15) is 5.11 Å².